The van der Waals surface area contributed by atoms with Gasteiger partial charge in [-0.3, -0.25) is 0 Å². The van der Waals surface area contributed by atoms with E-state index >= 15 is 0 Å². The van der Waals surface area contributed by atoms with Crippen LogP contribution in [0.4, 0.5) is 0 Å². The number of nitrogens with zero attached hydrogens (tertiary/aromatic N) is 1. The van der Waals surface area contributed by atoms with Crippen LogP contribution in [0.25, 0.3) is 10.2 Å². The van der Waals surface area contributed by atoms with Crippen molar-refractivity contribution in [3.63, 3.8) is 0 Å². The van der Waals surface area contributed by atoms with Crippen LogP contribution in [0.1, 0.15) is 5.56 Å². The Kier molecular flexibility index (Phi) is 5.45. The molecule has 22 heavy (non-hydrogen) atoms. The smallest absolute Gasteiger partial charge is 0.151 e. The van der Waals surface area contributed by atoms with Crippen molar-refractivity contribution in [1.82, 2.24) is 4.98 Å². The molecule has 1 heterocycles. The molecule has 1 N–H and O–H groups in total. The van der Waals surface area contributed by atoms with Gasteiger partial charge in [0.1, 0.15) is 0 Å². The zero-order valence-electron chi connectivity index (χ0n) is 12.0. The summed E-state index contributed by atoms with van der Waals surface area (Å²) in [6.45, 7) is 0.539. The molecule has 3 nitrogen and oxygen atoms in total. The van der Waals surface area contributed by atoms with Crippen molar-refractivity contribution in [3.8, 4) is 0 Å². The molecule has 0 aliphatic rings. The highest BCUT2D eigenvalue weighted by Gasteiger charge is 2.11. The minimum Gasteiger partial charge on any atom is -0.394 e. The number of fused-ring (bicyclic) bond motifs is 1. The van der Waals surface area contributed by atoms with E-state index in [9.17, 15) is 5.11 Å². The van der Waals surface area contributed by atoms with Crippen LogP contribution in [0, 0.1) is 0 Å². The van der Waals surface area contributed by atoms with Crippen LogP contribution in [-0.2, 0) is 11.3 Å². The summed E-state index contributed by atoms with van der Waals surface area (Å²) in [4.78, 5) is 4.58. The standard InChI is InChI=1S/C17H17NO2S2/c19-10-14(20-11-13-6-2-1-3-7-13)12-21-17-18-15-8-4-5-9-16(15)22-17/h1-9,14,19H,10-12H2/t14-/m0/s1. The molecule has 114 valence electrons. The van der Waals surface area contributed by atoms with E-state index in [0.717, 1.165) is 15.4 Å². The summed E-state index contributed by atoms with van der Waals surface area (Å²) < 4.78 is 7.99. The monoisotopic (exact) mass is 331 g/mol. The summed E-state index contributed by atoms with van der Waals surface area (Å²) in [5.41, 5.74) is 2.15. The lowest BCUT2D eigenvalue weighted by Crippen LogP contribution is -2.20. The number of hydrogen-bond acceptors (Lipinski definition) is 5. The molecule has 0 saturated heterocycles. The van der Waals surface area contributed by atoms with Gasteiger partial charge in [0.25, 0.3) is 0 Å². The first-order valence-electron chi connectivity index (χ1n) is 7.10. The van der Waals surface area contributed by atoms with Crippen molar-refractivity contribution in [2.24, 2.45) is 0 Å². The summed E-state index contributed by atoms with van der Waals surface area (Å²) in [7, 11) is 0. The summed E-state index contributed by atoms with van der Waals surface area (Å²) in [6, 6.07) is 18.1. The van der Waals surface area contributed by atoms with E-state index in [1.165, 1.54) is 4.70 Å². The summed E-state index contributed by atoms with van der Waals surface area (Å²) in [5.74, 6) is 0.698. The van der Waals surface area contributed by atoms with E-state index in [1.807, 2.05) is 48.5 Å². The first kappa shape index (κ1) is 15.5. The molecule has 0 spiro atoms. The number of hydrogen-bond donors (Lipinski definition) is 1. The highest BCUT2D eigenvalue weighted by atomic mass is 32.2. The summed E-state index contributed by atoms with van der Waals surface area (Å²) in [5, 5.41) is 9.47. The maximum atomic E-state index is 9.47. The fraction of sp³-hybridized carbons (Fsp3) is 0.235. The molecule has 2 aromatic carbocycles. The predicted molar refractivity (Wildman–Crippen MR) is 92.4 cm³/mol. The molecule has 0 radical (unpaired) electrons. The van der Waals surface area contributed by atoms with Gasteiger partial charge in [0.05, 0.1) is 29.5 Å². The average Bonchev–Trinajstić information content (AvgIpc) is 2.99. The second-order valence-electron chi connectivity index (χ2n) is 4.86. The van der Waals surface area contributed by atoms with E-state index in [0.29, 0.717) is 12.4 Å². The Bertz CT molecular complexity index is 682. The van der Waals surface area contributed by atoms with E-state index in [2.05, 4.69) is 11.1 Å². The number of benzene rings is 2. The number of aliphatic hydroxyl groups is 1. The van der Waals surface area contributed by atoms with E-state index in [4.69, 9.17) is 4.74 Å². The van der Waals surface area contributed by atoms with Crippen LogP contribution < -0.4 is 0 Å². The zero-order valence-corrected chi connectivity index (χ0v) is 13.6. The number of rotatable bonds is 7. The van der Waals surface area contributed by atoms with Crippen LogP contribution >= 0.6 is 23.1 Å². The van der Waals surface area contributed by atoms with Crippen molar-refractivity contribution in [3.05, 3.63) is 60.2 Å². The first-order valence-corrected chi connectivity index (χ1v) is 8.90. The third-order valence-corrected chi connectivity index (χ3v) is 5.51. The average molecular weight is 331 g/mol. The number of para-hydroxylation sites is 1. The lowest BCUT2D eigenvalue weighted by molar-refractivity contribution is 0.0174. The molecule has 5 heteroatoms. The molecule has 1 aromatic heterocycles. The number of thiazole rings is 1. The summed E-state index contributed by atoms with van der Waals surface area (Å²) >= 11 is 3.32. The maximum absolute atomic E-state index is 9.47. The van der Waals surface area contributed by atoms with Crippen LogP contribution in [0.5, 0.6) is 0 Å². The number of aliphatic hydroxyl groups excluding tert-OH is 1. The first-order chi connectivity index (χ1) is 10.8. The van der Waals surface area contributed by atoms with Crippen LogP contribution in [0.3, 0.4) is 0 Å². The molecule has 0 aliphatic heterocycles. The predicted octanol–water partition coefficient (Wildman–Crippen LogP) is 3.97. The van der Waals surface area contributed by atoms with Gasteiger partial charge in [-0.2, -0.15) is 0 Å². The minimum absolute atomic E-state index is 0.0186. The molecule has 0 fully saturated rings. The largest absolute Gasteiger partial charge is 0.394 e. The molecular formula is C17H17NO2S2. The highest BCUT2D eigenvalue weighted by molar-refractivity contribution is 8.01. The third-order valence-electron chi connectivity index (χ3n) is 3.20. The lowest BCUT2D eigenvalue weighted by Gasteiger charge is -2.14. The van der Waals surface area contributed by atoms with Gasteiger partial charge in [0, 0.05) is 5.75 Å². The quantitative estimate of drug-likeness (QED) is 0.665. The van der Waals surface area contributed by atoms with Gasteiger partial charge in [-0.15, -0.1) is 11.3 Å². The molecule has 0 aliphatic carbocycles. The van der Waals surface area contributed by atoms with Crippen LogP contribution in [0.2, 0.25) is 0 Å². The van der Waals surface area contributed by atoms with Crippen molar-refractivity contribution >= 4 is 33.3 Å². The van der Waals surface area contributed by atoms with Crippen LogP contribution in [-0.4, -0.2) is 28.6 Å². The van der Waals surface area contributed by atoms with Crippen molar-refractivity contribution in [1.29, 1.82) is 0 Å². The van der Waals surface area contributed by atoms with Gasteiger partial charge in [-0.25, -0.2) is 4.98 Å². The molecule has 1 atom stereocenters. The lowest BCUT2D eigenvalue weighted by atomic mass is 10.2. The van der Waals surface area contributed by atoms with Gasteiger partial charge in [0.2, 0.25) is 0 Å². The second-order valence-corrected chi connectivity index (χ2v) is 7.16. The number of ether oxygens (including phenoxy) is 1. The number of aromatic nitrogens is 1. The van der Waals surface area contributed by atoms with Gasteiger partial charge in [-0.1, -0.05) is 54.2 Å². The fourth-order valence-corrected chi connectivity index (χ4v) is 4.12. The van der Waals surface area contributed by atoms with Crippen molar-refractivity contribution in [2.45, 2.75) is 17.1 Å². The minimum atomic E-state index is -0.183. The SMILES string of the molecule is OC[C@@H](CSc1nc2ccccc2s1)OCc1ccccc1. The Morgan fingerprint density at radius 3 is 2.64 bits per heavy atom. The molecular weight excluding hydrogens is 314 g/mol. The Morgan fingerprint density at radius 1 is 1.09 bits per heavy atom. The van der Waals surface area contributed by atoms with Gasteiger partial charge in [0.15, 0.2) is 4.34 Å². The molecule has 3 rings (SSSR count). The van der Waals surface area contributed by atoms with Crippen LogP contribution in [0.15, 0.2) is 58.9 Å². The Balaban J connectivity index is 1.54. The summed E-state index contributed by atoms with van der Waals surface area (Å²) in [6.07, 6.45) is -0.183. The Labute approximate surface area is 138 Å². The zero-order chi connectivity index (χ0) is 15.2. The topological polar surface area (TPSA) is 42.4 Å². The third kappa shape index (κ3) is 4.08. The maximum Gasteiger partial charge on any atom is 0.151 e. The molecule has 0 bridgehead atoms. The van der Waals surface area contributed by atoms with E-state index in [1.54, 1.807) is 23.1 Å². The van der Waals surface area contributed by atoms with Crippen molar-refractivity contribution < 1.29 is 9.84 Å². The normalized spacial score (nSPS) is 12.6. The molecule has 0 saturated carbocycles. The highest BCUT2D eigenvalue weighted by Crippen LogP contribution is 2.29. The van der Waals surface area contributed by atoms with Crippen molar-refractivity contribution in [2.75, 3.05) is 12.4 Å². The van der Waals surface area contributed by atoms with Gasteiger partial charge in [-0.05, 0) is 17.7 Å². The molecule has 0 amide bonds. The van der Waals surface area contributed by atoms with E-state index < -0.39 is 0 Å². The fourth-order valence-electron chi connectivity index (χ4n) is 2.02. The van der Waals surface area contributed by atoms with Gasteiger partial charge >= 0.3 is 0 Å². The molecule has 3 aromatic rings. The Morgan fingerprint density at radius 2 is 1.86 bits per heavy atom. The molecule has 0 unspecified atom stereocenters. The van der Waals surface area contributed by atoms with E-state index in [-0.39, 0.29) is 12.7 Å². The Hall–Kier alpha value is -1.40. The second kappa shape index (κ2) is 7.74. The van der Waals surface area contributed by atoms with Gasteiger partial charge < -0.3 is 9.84 Å². The number of thioether (sulfide) groups is 1.